The van der Waals surface area contributed by atoms with Crippen LogP contribution in [0.15, 0.2) is 54.9 Å². The molecule has 2 aliphatic heterocycles. The van der Waals surface area contributed by atoms with Crippen molar-refractivity contribution in [2.75, 3.05) is 39.3 Å². The molecule has 6 nitrogen and oxygen atoms in total. The molecular formula is C27H36N4O2. The van der Waals surface area contributed by atoms with Gasteiger partial charge in [0.25, 0.3) is 0 Å². The van der Waals surface area contributed by atoms with Crippen LogP contribution in [0.4, 0.5) is 0 Å². The van der Waals surface area contributed by atoms with Gasteiger partial charge in [0, 0.05) is 71.0 Å². The van der Waals surface area contributed by atoms with E-state index in [0.717, 1.165) is 77.1 Å². The van der Waals surface area contributed by atoms with Crippen molar-refractivity contribution in [3.05, 3.63) is 66.0 Å². The average molecular weight is 449 g/mol. The number of benzene rings is 1. The van der Waals surface area contributed by atoms with Crippen molar-refractivity contribution in [1.82, 2.24) is 19.7 Å². The maximum Gasteiger partial charge on any atom is 0.222 e. The number of piperazine rings is 1. The number of pyridine rings is 1. The number of aryl methyl sites for hydroxylation is 1. The highest BCUT2D eigenvalue weighted by Gasteiger charge is 2.26. The molecular weight excluding hydrogens is 412 g/mol. The van der Waals surface area contributed by atoms with Crippen LogP contribution in [0.5, 0.6) is 0 Å². The van der Waals surface area contributed by atoms with Crippen LogP contribution < -0.4 is 0 Å². The minimum atomic E-state index is 0.226. The van der Waals surface area contributed by atoms with E-state index in [1.165, 1.54) is 5.56 Å². The summed E-state index contributed by atoms with van der Waals surface area (Å²) in [6.07, 6.45) is 8.50. The lowest BCUT2D eigenvalue weighted by atomic mass is 9.92. The zero-order valence-electron chi connectivity index (χ0n) is 19.6. The molecule has 4 rings (SSSR count). The third kappa shape index (κ3) is 7.13. The molecule has 1 aromatic carbocycles. The fourth-order valence-electron chi connectivity index (χ4n) is 4.97. The Labute approximate surface area is 197 Å². The van der Waals surface area contributed by atoms with Crippen LogP contribution in [0, 0.1) is 5.92 Å². The largest absolute Gasteiger partial charge is 0.342 e. The van der Waals surface area contributed by atoms with E-state index in [1.807, 2.05) is 34.2 Å². The fourth-order valence-corrected chi connectivity index (χ4v) is 4.97. The number of hydrogen-bond donors (Lipinski definition) is 0. The Morgan fingerprint density at radius 1 is 0.848 bits per heavy atom. The molecule has 0 saturated carbocycles. The Morgan fingerprint density at radius 3 is 2.36 bits per heavy atom. The summed E-state index contributed by atoms with van der Waals surface area (Å²) in [4.78, 5) is 36.1. The molecule has 2 amide bonds. The summed E-state index contributed by atoms with van der Waals surface area (Å²) >= 11 is 0. The normalized spacial score (nSPS) is 19.5. The Balaban J connectivity index is 1.15. The molecule has 0 spiro atoms. The molecule has 2 aromatic rings. The van der Waals surface area contributed by atoms with Crippen LogP contribution in [-0.4, -0.2) is 70.8 Å². The van der Waals surface area contributed by atoms with Gasteiger partial charge in [0.05, 0.1) is 0 Å². The highest BCUT2D eigenvalue weighted by molar-refractivity contribution is 5.77. The first kappa shape index (κ1) is 23.4. The van der Waals surface area contributed by atoms with Gasteiger partial charge >= 0.3 is 0 Å². The van der Waals surface area contributed by atoms with Gasteiger partial charge in [-0.05, 0) is 48.8 Å². The topological polar surface area (TPSA) is 56.8 Å². The monoisotopic (exact) mass is 448 g/mol. The van der Waals surface area contributed by atoms with Gasteiger partial charge in [-0.1, -0.05) is 36.4 Å². The fraction of sp³-hybridized carbons (Fsp3) is 0.519. The maximum atomic E-state index is 12.8. The average Bonchev–Trinajstić information content (AvgIpc) is 2.88. The lowest BCUT2D eigenvalue weighted by Crippen LogP contribution is -2.48. The Morgan fingerprint density at radius 2 is 1.61 bits per heavy atom. The van der Waals surface area contributed by atoms with Gasteiger partial charge in [0.1, 0.15) is 0 Å². The van der Waals surface area contributed by atoms with E-state index >= 15 is 0 Å². The summed E-state index contributed by atoms with van der Waals surface area (Å²) in [5.74, 6) is 0.934. The molecule has 0 radical (unpaired) electrons. The van der Waals surface area contributed by atoms with Crippen molar-refractivity contribution < 1.29 is 9.59 Å². The minimum absolute atomic E-state index is 0.226. The molecule has 33 heavy (non-hydrogen) atoms. The third-order valence-corrected chi connectivity index (χ3v) is 6.96. The van der Waals surface area contributed by atoms with Crippen LogP contribution >= 0.6 is 0 Å². The molecule has 2 saturated heterocycles. The zero-order valence-corrected chi connectivity index (χ0v) is 19.6. The Hall–Kier alpha value is -2.73. The van der Waals surface area contributed by atoms with Gasteiger partial charge in [-0.2, -0.15) is 0 Å². The molecule has 0 unspecified atom stereocenters. The lowest BCUT2D eigenvalue weighted by Gasteiger charge is -2.36. The number of likely N-dealkylation sites (tertiary alicyclic amines) is 1. The van der Waals surface area contributed by atoms with Gasteiger partial charge in [-0.25, -0.2) is 0 Å². The number of amides is 2. The summed E-state index contributed by atoms with van der Waals surface area (Å²) in [6, 6.07) is 14.5. The standard InChI is InChI=1S/C27H36N4O2/c32-26(30-18-16-29(17-19-30)21-24-6-2-1-3-7-24)13-11-25-9-5-15-31(22-25)27(33)12-10-23-8-4-14-28-20-23/h1-4,6-8,14,20,25H,5,9-13,15-19,21-22H2/t25-/m0/s1. The second kappa shape index (κ2) is 11.9. The van der Waals surface area contributed by atoms with Gasteiger partial charge in [-0.15, -0.1) is 0 Å². The summed E-state index contributed by atoms with van der Waals surface area (Å²) in [6.45, 7) is 6.09. The van der Waals surface area contributed by atoms with Gasteiger partial charge in [-0.3, -0.25) is 19.5 Å². The number of aromatic nitrogens is 1. The summed E-state index contributed by atoms with van der Waals surface area (Å²) < 4.78 is 0. The van der Waals surface area contributed by atoms with Gasteiger partial charge < -0.3 is 9.80 Å². The third-order valence-electron chi connectivity index (χ3n) is 6.96. The smallest absolute Gasteiger partial charge is 0.222 e. The van der Waals surface area contributed by atoms with Crippen molar-refractivity contribution >= 4 is 11.8 Å². The molecule has 0 N–H and O–H groups in total. The Kier molecular flexibility index (Phi) is 8.47. The minimum Gasteiger partial charge on any atom is -0.342 e. The quantitative estimate of drug-likeness (QED) is 0.621. The van der Waals surface area contributed by atoms with E-state index < -0.39 is 0 Å². The number of nitrogens with zero attached hydrogens (tertiary/aromatic N) is 4. The van der Waals surface area contributed by atoms with Crippen LogP contribution in [-0.2, 0) is 22.6 Å². The van der Waals surface area contributed by atoms with Crippen molar-refractivity contribution in [2.45, 2.75) is 45.1 Å². The highest BCUT2D eigenvalue weighted by Crippen LogP contribution is 2.23. The molecule has 0 aliphatic carbocycles. The molecule has 2 aliphatic rings. The number of rotatable bonds is 8. The molecule has 2 fully saturated rings. The molecule has 176 valence electrons. The van der Waals surface area contributed by atoms with Crippen LogP contribution in [0.25, 0.3) is 0 Å². The molecule has 1 atom stereocenters. The van der Waals surface area contributed by atoms with E-state index in [9.17, 15) is 9.59 Å². The molecule has 3 heterocycles. The van der Waals surface area contributed by atoms with Crippen LogP contribution in [0.1, 0.15) is 43.2 Å². The molecule has 0 bridgehead atoms. The summed E-state index contributed by atoms with van der Waals surface area (Å²) in [7, 11) is 0. The van der Waals surface area contributed by atoms with Crippen molar-refractivity contribution in [3.63, 3.8) is 0 Å². The number of hydrogen-bond acceptors (Lipinski definition) is 4. The van der Waals surface area contributed by atoms with E-state index in [1.54, 1.807) is 6.20 Å². The first-order valence-electron chi connectivity index (χ1n) is 12.4. The van der Waals surface area contributed by atoms with E-state index in [4.69, 9.17) is 0 Å². The molecule has 6 heteroatoms. The maximum absolute atomic E-state index is 12.8. The zero-order chi connectivity index (χ0) is 22.9. The van der Waals surface area contributed by atoms with Gasteiger partial charge in [0.15, 0.2) is 0 Å². The Bertz CT molecular complexity index is 882. The number of piperidine rings is 1. The van der Waals surface area contributed by atoms with Crippen molar-refractivity contribution in [3.8, 4) is 0 Å². The van der Waals surface area contributed by atoms with E-state index in [0.29, 0.717) is 18.8 Å². The van der Waals surface area contributed by atoms with Crippen LogP contribution in [0.3, 0.4) is 0 Å². The SMILES string of the molecule is O=C(CC[C@@H]1CCCN(C(=O)CCc2cccnc2)C1)N1CCN(Cc2ccccc2)CC1. The van der Waals surface area contributed by atoms with Crippen LogP contribution in [0.2, 0.25) is 0 Å². The lowest BCUT2D eigenvalue weighted by molar-refractivity contribution is -0.134. The van der Waals surface area contributed by atoms with Gasteiger partial charge in [0.2, 0.25) is 11.8 Å². The van der Waals surface area contributed by atoms with E-state index in [-0.39, 0.29) is 11.8 Å². The predicted molar refractivity (Wildman–Crippen MR) is 129 cm³/mol. The summed E-state index contributed by atoms with van der Waals surface area (Å²) in [5.41, 5.74) is 2.43. The van der Waals surface area contributed by atoms with E-state index in [2.05, 4.69) is 34.1 Å². The second-order valence-electron chi connectivity index (χ2n) is 9.39. The summed E-state index contributed by atoms with van der Waals surface area (Å²) in [5, 5.41) is 0. The van der Waals surface area contributed by atoms with Crippen molar-refractivity contribution in [1.29, 1.82) is 0 Å². The second-order valence-corrected chi connectivity index (χ2v) is 9.39. The highest BCUT2D eigenvalue weighted by atomic mass is 16.2. The first-order chi connectivity index (χ1) is 16.2. The van der Waals surface area contributed by atoms with Crippen molar-refractivity contribution in [2.24, 2.45) is 5.92 Å². The first-order valence-corrected chi connectivity index (χ1v) is 12.4. The predicted octanol–water partition coefficient (Wildman–Crippen LogP) is 3.38. The number of carbonyl (C=O) groups excluding carboxylic acids is 2. The number of carbonyl (C=O) groups is 2. The molecule has 1 aromatic heterocycles.